The van der Waals surface area contributed by atoms with Crippen LogP contribution in [0.4, 0.5) is 5.69 Å². The third-order valence-corrected chi connectivity index (χ3v) is 11.5. The Labute approximate surface area is 263 Å². The van der Waals surface area contributed by atoms with E-state index in [1.807, 2.05) is 55.6 Å². The Morgan fingerprint density at radius 1 is 0.977 bits per heavy atom. The van der Waals surface area contributed by atoms with Crippen molar-refractivity contribution in [3.8, 4) is 0 Å². The van der Waals surface area contributed by atoms with Crippen LogP contribution in [0.15, 0.2) is 101 Å². The molecule has 43 heavy (non-hydrogen) atoms. The molecule has 0 radical (unpaired) electrons. The van der Waals surface area contributed by atoms with Gasteiger partial charge in [-0.25, -0.2) is 8.42 Å². The number of carboxylic acids is 1. The van der Waals surface area contributed by atoms with Gasteiger partial charge in [0.1, 0.15) is 23.4 Å². The van der Waals surface area contributed by atoms with Crippen LogP contribution in [-0.2, 0) is 27.7 Å². The number of benzene rings is 3. The maximum absolute atomic E-state index is 14.4. The summed E-state index contributed by atoms with van der Waals surface area (Å²) in [7, 11) is -1.97. The maximum Gasteiger partial charge on any atom is 0.185 e. The van der Waals surface area contributed by atoms with Gasteiger partial charge in [0.2, 0.25) is 0 Å². The van der Waals surface area contributed by atoms with E-state index in [1.54, 1.807) is 13.0 Å². The molecule has 5 rings (SSSR count). The van der Waals surface area contributed by atoms with Gasteiger partial charge < -0.3 is 15.2 Å². The predicted octanol–water partition coefficient (Wildman–Crippen LogP) is 5.05. The molecule has 1 N–H and O–H groups in total. The molecule has 0 spiro atoms. The van der Waals surface area contributed by atoms with Gasteiger partial charge in [-0.15, -0.1) is 0 Å². The molecule has 2 unspecified atom stereocenters. The number of quaternary nitrogens is 1. The van der Waals surface area contributed by atoms with Crippen LogP contribution < -0.4 is 14.9 Å². The molecule has 2 atom stereocenters. The van der Waals surface area contributed by atoms with Crippen LogP contribution in [0.2, 0.25) is 10.0 Å². The monoisotopic (exact) mass is 639 g/mol. The predicted molar refractivity (Wildman–Crippen MR) is 171 cm³/mol. The normalized spacial score (nSPS) is 21.7. The zero-order chi connectivity index (χ0) is 30.8. The Balaban J connectivity index is 1.52. The molecule has 7 nitrogen and oxygen atoms in total. The second-order valence-electron chi connectivity index (χ2n) is 11.5. The molecule has 0 saturated carbocycles. The van der Waals surface area contributed by atoms with Gasteiger partial charge in [-0.05, 0) is 36.1 Å². The molecular weight excluding hydrogens is 605 g/mol. The van der Waals surface area contributed by atoms with Gasteiger partial charge in [0.25, 0.3) is 0 Å². The highest BCUT2D eigenvalue weighted by atomic mass is 35.5. The van der Waals surface area contributed by atoms with Crippen molar-refractivity contribution in [2.75, 3.05) is 26.7 Å². The summed E-state index contributed by atoms with van der Waals surface area (Å²) in [6.45, 7) is 3.96. The topological polar surface area (TPSA) is 89.5 Å². The lowest BCUT2D eigenvalue weighted by molar-refractivity contribution is -0.299. The minimum atomic E-state index is -3.92. The number of carbonyl (C=O) groups excluding carboxylic acids is 1. The Kier molecular flexibility index (Phi) is 9.34. The van der Waals surface area contributed by atoms with E-state index in [0.717, 1.165) is 11.1 Å². The van der Waals surface area contributed by atoms with Gasteiger partial charge in [-0.3, -0.25) is 9.38 Å². The van der Waals surface area contributed by atoms with Crippen molar-refractivity contribution in [1.29, 1.82) is 0 Å². The number of hydrogen-bond acceptors (Lipinski definition) is 6. The summed E-state index contributed by atoms with van der Waals surface area (Å²) in [6.07, 6.45) is 0.129. The van der Waals surface area contributed by atoms with Crippen LogP contribution in [0.1, 0.15) is 30.9 Å². The van der Waals surface area contributed by atoms with Gasteiger partial charge in [-0.1, -0.05) is 89.9 Å². The van der Waals surface area contributed by atoms with Crippen LogP contribution in [0, 0.1) is 0 Å². The van der Waals surface area contributed by atoms with Crippen molar-refractivity contribution in [1.82, 2.24) is 14.7 Å². The highest BCUT2D eigenvalue weighted by Crippen LogP contribution is 2.41. The van der Waals surface area contributed by atoms with Gasteiger partial charge in [0.15, 0.2) is 15.5 Å². The molecule has 0 bridgehead atoms. The Hall–Kier alpha value is -3.14. The number of allylic oxidation sites excluding steroid dienone is 2. The van der Waals surface area contributed by atoms with Gasteiger partial charge in [0.05, 0.1) is 28.6 Å². The summed E-state index contributed by atoms with van der Waals surface area (Å²) in [5.74, 6) is -1.38. The second kappa shape index (κ2) is 12.8. The van der Waals surface area contributed by atoms with E-state index in [9.17, 15) is 18.3 Å². The highest BCUT2D eigenvalue weighted by molar-refractivity contribution is 7.95. The largest absolute Gasteiger partial charge is 0.545 e. The Morgan fingerprint density at radius 3 is 2.16 bits per heavy atom. The van der Waals surface area contributed by atoms with Crippen LogP contribution in [0.25, 0.3) is 0 Å². The fraction of sp³-hybridized carbons (Fsp3) is 0.303. The minimum absolute atomic E-state index is 0.0484. The Morgan fingerprint density at radius 2 is 1.58 bits per heavy atom. The lowest BCUT2D eigenvalue weighted by atomic mass is 10.0. The first kappa shape index (κ1) is 31.3. The number of nitrogens with one attached hydrogen (secondary N) is 1. The summed E-state index contributed by atoms with van der Waals surface area (Å²) in [6, 6.07) is 25.6. The molecule has 0 aliphatic carbocycles. The number of carbonyl (C=O) groups is 1. The van der Waals surface area contributed by atoms with E-state index in [1.165, 1.54) is 0 Å². The number of carboxylic acid groups (broad SMARTS) is 1. The molecule has 0 saturated heterocycles. The number of hydrogen-bond donors (Lipinski definition) is 1. The molecule has 2 aliphatic rings. The summed E-state index contributed by atoms with van der Waals surface area (Å²) >= 11 is 13.2. The van der Waals surface area contributed by atoms with Crippen molar-refractivity contribution in [3.05, 3.63) is 122 Å². The number of aliphatic carboxylic acids is 1. The number of sulfone groups is 1. The van der Waals surface area contributed by atoms with Crippen molar-refractivity contribution in [2.45, 2.75) is 38.1 Å². The van der Waals surface area contributed by atoms with Crippen molar-refractivity contribution >= 4 is 44.7 Å². The molecule has 3 aromatic rings. The first-order chi connectivity index (χ1) is 20.5. The smallest absolute Gasteiger partial charge is 0.185 e. The maximum atomic E-state index is 14.4. The number of halogens is 2. The molecule has 3 aromatic carbocycles. The number of nitrogens with zero attached hydrogens (tertiary/aromatic N) is 2. The first-order valence-corrected chi connectivity index (χ1v) is 16.5. The van der Waals surface area contributed by atoms with E-state index in [2.05, 4.69) is 34.5 Å². The van der Waals surface area contributed by atoms with E-state index >= 15 is 0 Å². The average Bonchev–Trinajstić information content (AvgIpc) is 3.05. The average molecular weight is 641 g/mol. The highest BCUT2D eigenvalue weighted by Gasteiger charge is 2.46. The molecule has 0 fully saturated rings. The van der Waals surface area contributed by atoms with E-state index in [4.69, 9.17) is 23.2 Å². The zero-order valence-corrected chi connectivity index (χ0v) is 26.6. The van der Waals surface area contributed by atoms with Crippen molar-refractivity contribution in [3.63, 3.8) is 0 Å². The Bertz CT molecular complexity index is 1640. The van der Waals surface area contributed by atoms with Crippen LogP contribution >= 0.6 is 23.2 Å². The number of likely N-dealkylation sites (N-methyl/N-ethyl adjacent to an activating group) is 1. The van der Waals surface area contributed by atoms with Gasteiger partial charge in [0, 0.05) is 37.8 Å². The van der Waals surface area contributed by atoms with Gasteiger partial charge in [-0.2, -0.15) is 0 Å². The van der Waals surface area contributed by atoms with Crippen LogP contribution in [0.5, 0.6) is 0 Å². The molecule has 2 aliphatic heterocycles. The number of rotatable bonds is 9. The molecule has 10 heteroatoms. The summed E-state index contributed by atoms with van der Waals surface area (Å²) in [5.41, 5.74) is 3.79. The third kappa shape index (κ3) is 6.84. The quantitative estimate of drug-likeness (QED) is 0.330. The van der Waals surface area contributed by atoms with E-state index in [0.29, 0.717) is 53.2 Å². The lowest BCUT2D eigenvalue weighted by Gasteiger charge is -2.36. The van der Waals surface area contributed by atoms with Crippen LogP contribution in [-0.4, -0.2) is 51.2 Å². The zero-order valence-electron chi connectivity index (χ0n) is 24.2. The lowest BCUT2D eigenvalue weighted by Crippen LogP contribution is -2.52. The van der Waals surface area contributed by atoms with E-state index in [-0.39, 0.29) is 34.5 Å². The molecule has 0 amide bonds. The molecule has 2 heterocycles. The third-order valence-electron chi connectivity index (χ3n) is 8.39. The van der Waals surface area contributed by atoms with E-state index < -0.39 is 21.1 Å². The van der Waals surface area contributed by atoms with Crippen LogP contribution in [0.3, 0.4) is 0 Å². The summed E-state index contributed by atoms with van der Waals surface area (Å²) in [4.78, 5) is 14.3. The van der Waals surface area contributed by atoms with Gasteiger partial charge >= 0.3 is 0 Å². The number of dihydropyridines is 1. The summed E-state index contributed by atoms with van der Waals surface area (Å²) in [5, 5.41) is 15.0. The fourth-order valence-electron chi connectivity index (χ4n) is 6.12. The van der Waals surface area contributed by atoms with Crippen molar-refractivity contribution in [2.24, 2.45) is 0 Å². The summed E-state index contributed by atoms with van der Waals surface area (Å²) < 4.78 is 29.0. The standard InChI is InChI=1S/C33H35Cl2N3O4S/c1-23-27(33(39)40)18-31-29(36-23)22-38(2,30-15-9-14-28(34)32(30)35)21-26(43(31,41)42)16-17-37(19-24-10-5-3-6-11-24)20-25-12-7-4-8-13-25/h3-15,26,36H,16-22H2,1-2H3. The molecule has 226 valence electrons. The fourth-order valence-corrected chi connectivity index (χ4v) is 8.77. The second-order valence-corrected chi connectivity index (χ2v) is 14.6. The first-order valence-electron chi connectivity index (χ1n) is 14.2. The SMILES string of the molecule is CC1=C(C(=O)[O-])CC2=C(C[N+](C)(c3cccc(Cl)c3Cl)CC(CCN(Cc3ccccc3)Cc3ccccc3)S2(=O)=O)N1. The molecular formula is C33H35Cl2N3O4S. The van der Waals surface area contributed by atoms with Crippen molar-refractivity contribution < 1.29 is 18.3 Å². The molecule has 0 aromatic heterocycles. The minimum Gasteiger partial charge on any atom is -0.545 e.